The van der Waals surface area contributed by atoms with Crippen LogP contribution in [-0.2, 0) is 33.0 Å². The van der Waals surface area contributed by atoms with Crippen LogP contribution in [0.3, 0.4) is 0 Å². The fraction of sp³-hybridized carbons (Fsp3) is 0.350. The molecule has 0 saturated heterocycles. The molecule has 9 heteroatoms. The third-order valence-corrected chi connectivity index (χ3v) is 5.79. The number of aryl methyl sites for hydroxylation is 3. The Labute approximate surface area is 172 Å². The minimum atomic E-state index is -0.513. The third kappa shape index (κ3) is 3.17. The van der Waals surface area contributed by atoms with Gasteiger partial charge in [-0.15, -0.1) is 0 Å². The van der Waals surface area contributed by atoms with E-state index in [0.717, 1.165) is 42.0 Å². The smallest absolute Gasteiger partial charge is 0.320 e. The molecule has 0 unspecified atom stereocenters. The van der Waals surface area contributed by atoms with E-state index in [1.807, 2.05) is 16.4 Å². The molecule has 3 aromatic rings. The molecule has 150 valence electrons. The fourth-order valence-corrected chi connectivity index (χ4v) is 4.32. The summed E-state index contributed by atoms with van der Waals surface area (Å²) >= 11 is 5.82. The predicted octanol–water partition coefficient (Wildman–Crippen LogP) is 3.61. The molecule has 2 amide bonds. The number of nitrogens with zero attached hydrogens (tertiary/aromatic N) is 5. The van der Waals surface area contributed by atoms with Crippen molar-refractivity contribution in [2.45, 2.75) is 32.4 Å². The van der Waals surface area contributed by atoms with Gasteiger partial charge in [0.05, 0.1) is 23.0 Å². The van der Waals surface area contributed by atoms with Crippen molar-refractivity contribution in [3.05, 3.63) is 52.1 Å². The summed E-state index contributed by atoms with van der Waals surface area (Å²) in [6.07, 6.45) is 4.74. The summed E-state index contributed by atoms with van der Waals surface area (Å²) < 4.78 is 17.2. The zero-order chi connectivity index (χ0) is 20.1. The van der Waals surface area contributed by atoms with Crippen LogP contribution in [-0.4, -0.2) is 37.0 Å². The molecular weight excluding hydrogens is 395 g/mol. The molecule has 4 heterocycles. The highest BCUT2D eigenvalue weighted by molar-refractivity contribution is 6.31. The summed E-state index contributed by atoms with van der Waals surface area (Å²) in [4.78, 5) is 14.6. The standard InChI is InChI=1S/C20H20ClFN6O/c1-26-10-12-3-2-7-28-19(18(12)25-26)14-11-27(8-6-17(14)24-28)20(29)23-13-4-5-16(22)15(21)9-13/h4-5,9-10H,2-3,6-8,11H2,1H3,(H,23,29). The van der Waals surface area contributed by atoms with Crippen LogP contribution in [0, 0.1) is 5.82 Å². The van der Waals surface area contributed by atoms with E-state index in [9.17, 15) is 9.18 Å². The summed E-state index contributed by atoms with van der Waals surface area (Å²) in [5, 5.41) is 12.3. The first-order valence-electron chi connectivity index (χ1n) is 9.62. The van der Waals surface area contributed by atoms with Gasteiger partial charge in [0.2, 0.25) is 0 Å². The molecule has 0 radical (unpaired) electrons. The van der Waals surface area contributed by atoms with Gasteiger partial charge in [0.1, 0.15) is 11.5 Å². The van der Waals surface area contributed by atoms with Crippen molar-refractivity contribution in [2.24, 2.45) is 7.05 Å². The molecule has 0 saturated carbocycles. The maximum absolute atomic E-state index is 13.4. The van der Waals surface area contributed by atoms with Gasteiger partial charge in [0, 0.05) is 44.0 Å². The number of hydrogen-bond donors (Lipinski definition) is 1. The molecule has 29 heavy (non-hydrogen) atoms. The number of anilines is 1. The van der Waals surface area contributed by atoms with Gasteiger partial charge in [0.25, 0.3) is 0 Å². The number of benzene rings is 1. The van der Waals surface area contributed by atoms with E-state index in [1.165, 1.54) is 23.8 Å². The Bertz CT molecular complexity index is 1120. The van der Waals surface area contributed by atoms with E-state index in [0.29, 0.717) is 25.2 Å². The van der Waals surface area contributed by atoms with Crippen LogP contribution in [0.2, 0.25) is 5.02 Å². The van der Waals surface area contributed by atoms with E-state index in [2.05, 4.69) is 16.6 Å². The number of halogens is 2. The van der Waals surface area contributed by atoms with Gasteiger partial charge in [0.15, 0.2) is 0 Å². The van der Waals surface area contributed by atoms with Gasteiger partial charge in [-0.3, -0.25) is 9.36 Å². The molecule has 2 aromatic heterocycles. The van der Waals surface area contributed by atoms with Crippen LogP contribution in [0.15, 0.2) is 24.4 Å². The molecule has 2 aliphatic heterocycles. The van der Waals surface area contributed by atoms with E-state index in [1.54, 1.807) is 4.90 Å². The Morgan fingerprint density at radius 2 is 2.10 bits per heavy atom. The van der Waals surface area contributed by atoms with Crippen molar-refractivity contribution in [3.8, 4) is 11.4 Å². The largest absolute Gasteiger partial charge is 0.322 e. The summed E-state index contributed by atoms with van der Waals surface area (Å²) in [5.74, 6) is -0.513. The number of carbonyl (C=O) groups is 1. The van der Waals surface area contributed by atoms with Crippen LogP contribution < -0.4 is 5.32 Å². The lowest BCUT2D eigenvalue weighted by molar-refractivity contribution is 0.206. The number of carbonyl (C=O) groups excluding carboxylic acids is 1. The van der Waals surface area contributed by atoms with E-state index < -0.39 is 5.82 Å². The SMILES string of the molecule is Cn1cc2c(n1)-c1c3c(nn1CCC2)CCN(C(=O)Nc1ccc(F)c(Cl)c1)C3. The molecule has 1 aromatic carbocycles. The minimum Gasteiger partial charge on any atom is -0.320 e. The number of fused-ring (bicyclic) bond motifs is 5. The number of urea groups is 1. The van der Waals surface area contributed by atoms with Crippen molar-refractivity contribution < 1.29 is 9.18 Å². The summed E-state index contributed by atoms with van der Waals surface area (Å²) in [5.41, 5.74) is 5.77. The highest BCUT2D eigenvalue weighted by Crippen LogP contribution is 2.34. The summed E-state index contributed by atoms with van der Waals surface area (Å²) in [6, 6.07) is 3.91. The van der Waals surface area contributed by atoms with Crippen LogP contribution in [0.1, 0.15) is 23.2 Å². The van der Waals surface area contributed by atoms with Crippen molar-refractivity contribution in [2.75, 3.05) is 11.9 Å². The van der Waals surface area contributed by atoms with Crippen molar-refractivity contribution in [1.29, 1.82) is 0 Å². The van der Waals surface area contributed by atoms with Crippen LogP contribution in [0.25, 0.3) is 11.4 Å². The van der Waals surface area contributed by atoms with Crippen LogP contribution >= 0.6 is 11.6 Å². The van der Waals surface area contributed by atoms with Crippen molar-refractivity contribution in [3.63, 3.8) is 0 Å². The van der Waals surface area contributed by atoms with Crippen molar-refractivity contribution >= 4 is 23.3 Å². The number of hydrogen-bond acceptors (Lipinski definition) is 3. The highest BCUT2D eigenvalue weighted by Gasteiger charge is 2.31. The molecule has 0 fully saturated rings. The van der Waals surface area contributed by atoms with Gasteiger partial charge >= 0.3 is 6.03 Å². The van der Waals surface area contributed by atoms with E-state index in [4.69, 9.17) is 16.7 Å². The van der Waals surface area contributed by atoms with Crippen LogP contribution in [0.5, 0.6) is 0 Å². The summed E-state index contributed by atoms with van der Waals surface area (Å²) in [7, 11) is 1.93. The molecule has 0 spiro atoms. The number of nitrogens with one attached hydrogen (secondary N) is 1. The molecule has 0 atom stereocenters. The molecular formula is C20H20ClFN6O. The highest BCUT2D eigenvalue weighted by atomic mass is 35.5. The second-order valence-corrected chi connectivity index (χ2v) is 7.91. The average Bonchev–Trinajstić information content (AvgIpc) is 3.19. The molecule has 2 aliphatic rings. The van der Waals surface area contributed by atoms with Gasteiger partial charge in [-0.05, 0) is 36.6 Å². The quantitative estimate of drug-likeness (QED) is 0.661. The molecule has 7 nitrogen and oxygen atoms in total. The lowest BCUT2D eigenvalue weighted by Gasteiger charge is -2.27. The number of rotatable bonds is 1. The first-order valence-corrected chi connectivity index (χ1v) is 10.00. The maximum atomic E-state index is 13.4. The van der Waals surface area contributed by atoms with Gasteiger partial charge in [-0.1, -0.05) is 11.6 Å². The van der Waals surface area contributed by atoms with Crippen LogP contribution in [0.4, 0.5) is 14.9 Å². The second kappa shape index (κ2) is 6.88. The second-order valence-electron chi connectivity index (χ2n) is 7.51. The van der Waals surface area contributed by atoms with E-state index in [-0.39, 0.29) is 11.1 Å². The number of aromatic nitrogens is 4. The van der Waals surface area contributed by atoms with E-state index >= 15 is 0 Å². The third-order valence-electron chi connectivity index (χ3n) is 5.50. The molecule has 0 bridgehead atoms. The lowest BCUT2D eigenvalue weighted by Crippen LogP contribution is -2.38. The Balaban J connectivity index is 1.43. The van der Waals surface area contributed by atoms with Gasteiger partial charge < -0.3 is 10.2 Å². The Kier molecular flexibility index (Phi) is 4.31. The first kappa shape index (κ1) is 18.2. The Hall–Kier alpha value is -2.87. The average molecular weight is 415 g/mol. The Morgan fingerprint density at radius 1 is 1.24 bits per heavy atom. The number of amides is 2. The van der Waals surface area contributed by atoms with Gasteiger partial charge in [-0.25, -0.2) is 9.18 Å². The van der Waals surface area contributed by atoms with Gasteiger partial charge in [-0.2, -0.15) is 10.2 Å². The first-order chi connectivity index (χ1) is 14.0. The predicted molar refractivity (Wildman–Crippen MR) is 107 cm³/mol. The zero-order valence-corrected chi connectivity index (χ0v) is 16.7. The zero-order valence-electron chi connectivity index (χ0n) is 16.0. The van der Waals surface area contributed by atoms with Crippen molar-refractivity contribution in [1.82, 2.24) is 24.5 Å². The topological polar surface area (TPSA) is 68.0 Å². The minimum absolute atomic E-state index is 0.0200. The molecule has 0 aliphatic carbocycles. The lowest BCUT2D eigenvalue weighted by atomic mass is 10.0. The maximum Gasteiger partial charge on any atom is 0.322 e. The fourth-order valence-electron chi connectivity index (χ4n) is 4.14. The molecule has 5 rings (SSSR count). The molecule has 1 N–H and O–H groups in total. The monoisotopic (exact) mass is 414 g/mol. The summed E-state index contributed by atoms with van der Waals surface area (Å²) in [6.45, 7) is 1.88. The normalized spacial score (nSPS) is 15.3. The Morgan fingerprint density at radius 3 is 2.93 bits per heavy atom.